The van der Waals surface area contributed by atoms with Crippen LogP contribution in [0.25, 0.3) is 0 Å². The first-order valence-electron chi connectivity index (χ1n) is 5.80. The van der Waals surface area contributed by atoms with Gasteiger partial charge in [0.1, 0.15) is 5.82 Å². The zero-order valence-electron chi connectivity index (χ0n) is 9.98. The molecule has 2 atom stereocenters. The second-order valence-electron chi connectivity index (χ2n) is 4.71. The Bertz CT molecular complexity index is 333. The average Bonchev–Trinajstić information content (AvgIpc) is 2.65. The fraction of sp³-hybridized carbons (Fsp3) is 0.583. The topological polar surface area (TPSA) is 54.2 Å². The summed E-state index contributed by atoms with van der Waals surface area (Å²) < 4.78 is 0. The summed E-state index contributed by atoms with van der Waals surface area (Å²) in [5.74, 6) is 0.980. The Kier molecular flexibility index (Phi) is 3.29. The molecule has 4 nitrogen and oxygen atoms in total. The Hall–Kier alpha value is -1.29. The van der Waals surface area contributed by atoms with Crippen LogP contribution in [0.4, 0.5) is 11.5 Å². The molecular weight excluding hydrogens is 200 g/mol. The highest BCUT2D eigenvalue weighted by atomic mass is 15.1. The van der Waals surface area contributed by atoms with Crippen molar-refractivity contribution in [3.8, 4) is 0 Å². The molecule has 0 radical (unpaired) electrons. The van der Waals surface area contributed by atoms with Crippen LogP contribution in [-0.2, 0) is 0 Å². The lowest BCUT2D eigenvalue weighted by Crippen LogP contribution is -2.20. The molecule has 0 spiro atoms. The molecule has 16 heavy (non-hydrogen) atoms. The molecule has 3 N–H and O–H groups in total. The first kappa shape index (κ1) is 11.2. The van der Waals surface area contributed by atoms with E-state index in [1.54, 1.807) is 0 Å². The van der Waals surface area contributed by atoms with Gasteiger partial charge in [0, 0.05) is 26.2 Å². The number of anilines is 2. The van der Waals surface area contributed by atoms with E-state index in [-0.39, 0.29) is 0 Å². The van der Waals surface area contributed by atoms with Crippen LogP contribution in [0, 0.1) is 0 Å². The second-order valence-corrected chi connectivity index (χ2v) is 4.71. The number of nitrogens with one attached hydrogen (secondary N) is 1. The molecule has 1 fully saturated rings. The van der Waals surface area contributed by atoms with Gasteiger partial charge in [-0.05, 0) is 31.4 Å². The van der Waals surface area contributed by atoms with Crippen molar-refractivity contribution in [2.45, 2.75) is 31.3 Å². The molecule has 0 aromatic carbocycles. The maximum atomic E-state index is 5.88. The van der Waals surface area contributed by atoms with Crippen LogP contribution < -0.4 is 16.0 Å². The van der Waals surface area contributed by atoms with Crippen LogP contribution >= 0.6 is 0 Å². The van der Waals surface area contributed by atoms with Gasteiger partial charge in [0.25, 0.3) is 0 Å². The van der Waals surface area contributed by atoms with Crippen molar-refractivity contribution in [3.05, 3.63) is 18.3 Å². The van der Waals surface area contributed by atoms with Crippen molar-refractivity contribution >= 4 is 11.5 Å². The summed E-state index contributed by atoms with van der Waals surface area (Å²) in [4.78, 5) is 6.37. The number of pyridine rings is 1. The third kappa shape index (κ3) is 2.64. The summed E-state index contributed by atoms with van der Waals surface area (Å²) in [6.45, 7) is 0. The molecule has 1 saturated carbocycles. The molecule has 1 aromatic heterocycles. The van der Waals surface area contributed by atoms with Crippen LogP contribution in [0.2, 0.25) is 0 Å². The molecule has 0 amide bonds. The van der Waals surface area contributed by atoms with Gasteiger partial charge in [-0.25, -0.2) is 4.98 Å². The van der Waals surface area contributed by atoms with Gasteiger partial charge in [0.2, 0.25) is 0 Å². The van der Waals surface area contributed by atoms with Gasteiger partial charge in [0.15, 0.2) is 0 Å². The normalized spacial score (nSPS) is 24.4. The van der Waals surface area contributed by atoms with Gasteiger partial charge in [-0.1, -0.05) is 0 Å². The SMILES string of the molecule is CN(C)c1ccc(NC2CCC(N)C2)cn1. The molecule has 1 aliphatic rings. The standard InChI is InChI=1S/C12H20N4/c1-16(2)12-6-5-11(8-14-12)15-10-4-3-9(13)7-10/h5-6,8-10,15H,3-4,7,13H2,1-2H3. The Labute approximate surface area is 96.8 Å². The number of hydrogen-bond acceptors (Lipinski definition) is 4. The number of hydrogen-bond donors (Lipinski definition) is 2. The Morgan fingerprint density at radius 2 is 2.19 bits per heavy atom. The molecule has 0 saturated heterocycles. The largest absolute Gasteiger partial charge is 0.381 e. The number of rotatable bonds is 3. The van der Waals surface area contributed by atoms with E-state index in [1.807, 2.05) is 31.3 Å². The van der Waals surface area contributed by atoms with E-state index in [0.29, 0.717) is 12.1 Å². The van der Waals surface area contributed by atoms with Gasteiger partial charge in [-0.3, -0.25) is 0 Å². The third-order valence-electron chi connectivity index (χ3n) is 3.05. The molecule has 1 aromatic rings. The molecule has 0 aliphatic heterocycles. The maximum Gasteiger partial charge on any atom is 0.128 e. The van der Waals surface area contributed by atoms with Crippen molar-refractivity contribution in [1.82, 2.24) is 4.98 Å². The van der Waals surface area contributed by atoms with Crippen molar-refractivity contribution in [2.75, 3.05) is 24.3 Å². The highest BCUT2D eigenvalue weighted by Crippen LogP contribution is 2.22. The van der Waals surface area contributed by atoms with Gasteiger partial charge in [-0.2, -0.15) is 0 Å². The molecule has 1 aliphatic carbocycles. The lowest BCUT2D eigenvalue weighted by molar-refractivity contribution is 0.687. The van der Waals surface area contributed by atoms with Gasteiger partial charge in [0.05, 0.1) is 11.9 Å². The highest BCUT2D eigenvalue weighted by molar-refractivity contribution is 5.48. The predicted molar refractivity (Wildman–Crippen MR) is 67.8 cm³/mol. The van der Waals surface area contributed by atoms with E-state index >= 15 is 0 Å². The number of nitrogens with two attached hydrogens (primary N) is 1. The van der Waals surface area contributed by atoms with E-state index in [1.165, 1.54) is 0 Å². The average molecular weight is 220 g/mol. The van der Waals surface area contributed by atoms with E-state index in [2.05, 4.69) is 16.4 Å². The maximum absolute atomic E-state index is 5.88. The Morgan fingerprint density at radius 1 is 1.38 bits per heavy atom. The first-order valence-corrected chi connectivity index (χ1v) is 5.80. The van der Waals surface area contributed by atoms with Crippen molar-refractivity contribution in [2.24, 2.45) is 5.73 Å². The van der Waals surface area contributed by atoms with E-state index in [4.69, 9.17) is 5.73 Å². The van der Waals surface area contributed by atoms with Gasteiger partial charge >= 0.3 is 0 Å². The van der Waals surface area contributed by atoms with Gasteiger partial charge < -0.3 is 16.0 Å². The van der Waals surface area contributed by atoms with Crippen LogP contribution in [0.3, 0.4) is 0 Å². The zero-order chi connectivity index (χ0) is 11.5. The van der Waals surface area contributed by atoms with Crippen LogP contribution in [0.15, 0.2) is 18.3 Å². The summed E-state index contributed by atoms with van der Waals surface area (Å²) in [6, 6.07) is 4.98. The minimum Gasteiger partial charge on any atom is -0.381 e. The Balaban J connectivity index is 1.95. The van der Waals surface area contributed by atoms with Crippen LogP contribution in [-0.4, -0.2) is 31.2 Å². The summed E-state index contributed by atoms with van der Waals surface area (Å²) in [6.07, 6.45) is 5.24. The second kappa shape index (κ2) is 4.70. The molecular formula is C12H20N4. The van der Waals surface area contributed by atoms with Crippen LogP contribution in [0.1, 0.15) is 19.3 Å². The van der Waals surface area contributed by atoms with E-state index < -0.39 is 0 Å². The number of aromatic nitrogens is 1. The summed E-state index contributed by atoms with van der Waals surface area (Å²) >= 11 is 0. The Morgan fingerprint density at radius 3 is 2.69 bits per heavy atom. The fourth-order valence-electron chi connectivity index (χ4n) is 2.12. The molecule has 2 rings (SSSR count). The monoisotopic (exact) mass is 220 g/mol. The minimum absolute atomic E-state index is 0.367. The quantitative estimate of drug-likeness (QED) is 0.809. The molecule has 88 valence electrons. The molecule has 2 unspecified atom stereocenters. The van der Waals surface area contributed by atoms with Crippen molar-refractivity contribution in [3.63, 3.8) is 0 Å². The summed E-state index contributed by atoms with van der Waals surface area (Å²) in [5.41, 5.74) is 6.97. The lowest BCUT2D eigenvalue weighted by atomic mass is 10.2. The fourth-order valence-corrected chi connectivity index (χ4v) is 2.12. The smallest absolute Gasteiger partial charge is 0.128 e. The minimum atomic E-state index is 0.367. The van der Waals surface area contributed by atoms with E-state index in [9.17, 15) is 0 Å². The first-order chi connectivity index (χ1) is 7.65. The van der Waals surface area contributed by atoms with Crippen molar-refractivity contribution in [1.29, 1.82) is 0 Å². The third-order valence-corrected chi connectivity index (χ3v) is 3.05. The lowest BCUT2D eigenvalue weighted by Gasteiger charge is -2.15. The molecule has 4 heteroatoms. The summed E-state index contributed by atoms with van der Waals surface area (Å²) in [7, 11) is 3.98. The molecule has 0 bridgehead atoms. The van der Waals surface area contributed by atoms with Gasteiger partial charge in [-0.15, -0.1) is 0 Å². The van der Waals surface area contributed by atoms with Crippen molar-refractivity contribution < 1.29 is 0 Å². The predicted octanol–water partition coefficient (Wildman–Crippen LogP) is 1.44. The number of nitrogens with zero attached hydrogens (tertiary/aromatic N) is 2. The molecule has 1 heterocycles. The van der Waals surface area contributed by atoms with E-state index in [0.717, 1.165) is 30.8 Å². The highest BCUT2D eigenvalue weighted by Gasteiger charge is 2.21. The zero-order valence-corrected chi connectivity index (χ0v) is 9.98. The summed E-state index contributed by atoms with van der Waals surface area (Å²) in [5, 5.41) is 3.48. The van der Waals surface area contributed by atoms with Crippen LogP contribution in [0.5, 0.6) is 0 Å².